The summed E-state index contributed by atoms with van der Waals surface area (Å²) < 4.78 is 0. The molecule has 1 aromatic carbocycles. The molecular formula is C21H22N4O3. The minimum atomic E-state index is -0.259. The first-order valence-corrected chi connectivity index (χ1v) is 9.43. The minimum absolute atomic E-state index is 0.132. The third-order valence-electron chi connectivity index (χ3n) is 5.42. The highest BCUT2D eigenvalue weighted by Gasteiger charge is 2.36. The first-order chi connectivity index (χ1) is 13.6. The number of hydrogen-bond acceptors (Lipinski definition) is 5. The van der Waals surface area contributed by atoms with Crippen LogP contribution in [0.1, 0.15) is 32.7 Å². The van der Waals surface area contributed by atoms with Crippen molar-refractivity contribution < 1.29 is 14.4 Å². The van der Waals surface area contributed by atoms with Crippen molar-refractivity contribution in [3.05, 3.63) is 59.4 Å². The zero-order valence-corrected chi connectivity index (χ0v) is 15.8. The average Bonchev–Trinajstić information content (AvgIpc) is 2.97. The zero-order chi connectivity index (χ0) is 19.7. The van der Waals surface area contributed by atoms with Gasteiger partial charge in [-0.05, 0) is 30.2 Å². The van der Waals surface area contributed by atoms with Crippen molar-refractivity contribution in [2.75, 3.05) is 38.1 Å². The molecule has 0 N–H and O–H groups in total. The molecule has 1 fully saturated rings. The topological polar surface area (TPSA) is 73.8 Å². The van der Waals surface area contributed by atoms with Crippen LogP contribution in [0.25, 0.3) is 0 Å². The van der Waals surface area contributed by atoms with Crippen LogP contribution in [0.2, 0.25) is 0 Å². The van der Waals surface area contributed by atoms with E-state index in [-0.39, 0.29) is 17.7 Å². The predicted molar refractivity (Wildman–Crippen MR) is 104 cm³/mol. The van der Waals surface area contributed by atoms with Gasteiger partial charge in [-0.1, -0.05) is 12.1 Å². The third kappa shape index (κ3) is 3.24. The fourth-order valence-electron chi connectivity index (χ4n) is 3.80. The Morgan fingerprint density at radius 1 is 1.04 bits per heavy atom. The number of carbonyl (C=O) groups excluding carboxylic acids is 3. The lowest BCUT2D eigenvalue weighted by Gasteiger charge is -2.36. The number of imide groups is 1. The van der Waals surface area contributed by atoms with E-state index >= 15 is 0 Å². The summed E-state index contributed by atoms with van der Waals surface area (Å²) in [7, 11) is 1.51. The Morgan fingerprint density at radius 3 is 2.54 bits per heavy atom. The van der Waals surface area contributed by atoms with Gasteiger partial charge < -0.3 is 9.80 Å². The van der Waals surface area contributed by atoms with Crippen molar-refractivity contribution in [2.45, 2.75) is 12.8 Å². The summed E-state index contributed by atoms with van der Waals surface area (Å²) in [6, 6.07) is 9.23. The summed E-state index contributed by atoms with van der Waals surface area (Å²) in [5.74, 6) is -0.385. The van der Waals surface area contributed by atoms with E-state index < -0.39 is 0 Å². The van der Waals surface area contributed by atoms with Crippen molar-refractivity contribution >= 4 is 23.4 Å². The maximum absolute atomic E-state index is 12.5. The number of amides is 3. The van der Waals surface area contributed by atoms with Crippen molar-refractivity contribution in [3.63, 3.8) is 0 Å². The number of nitrogens with zero attached hydrogens (tertiary/aromatic N) is 4. The van der Waals surface area contributed by atoms with E-state index in [2.05, 4.69) is 9.88 Å². The van der Waals surface area contributed by atoms with Crippen LogP contribution >= 0.6 is 0 Å². The number of pyridine rings is 1. The van der Waals surface area contributed by atoms with Gasteiger partial charge in [0.15, 0.2) is 0 Å². The van der Waals surface area contributed by atoms with Crippen molar-refractivity contribution in [2.24, 2.45) is 0 Å². The third-order valence-corrected chi connectivity index (χ3v) is 5.42. The molecule has 2 aromatic rings. The van der Waals surface area contributed by atoms with E-state index in [1.54, 1.807) is 18.5 Å². The molecule has 4 rings (SSSR count). The molecule has 0 atom stereocenters. The number of benzene rings is 1. The highest BCUT2D eigenvalue weighted by molar-refractivity contribution is 6.23. The van der Waals surface area contributed by atoms with Gasteiger partial charge in [0.05, 0.1) is 16.8 Å². The molecule has 0 bridgehead atoms. The second-order valence-corrected chi connectivity index (χ2v) is 7.10. The van der Waals surface area contributed by atoms with E-state index in [1.165, 1.54) is 7.05 Å². The van der Waals surface area contributed by atoms with Gasteiger partial charge in [0.25, 0.3) is 11.8 Å². The Bertz CT molecular complexity index is 921. The predicted octanol–water partition coefficient (Wildman–Crippen LogP) is 1.59. The highest BCUT2D eigenvalue weighted by Crippen LogP contribution is 2.31. The number of piperazine rings is 1. The number of aryl methyl sites for hydroxylation is 1. The first-order valence-electron chi connectivity index (χ1n) is 9.43. The van der Waals surface area contributed by atoms with Gasteiger partial charge in [-0.2, -0.15) is 0 Å². The summed E-state index contributed by atoms with van der Waals surface area (Å²) in [4.78, 5) is 46.4. The Morgan fingerprint density at radius 2 is 1.82 bits per heavy atom. The van der Waals surface area contributed by atoms with Crippen LogP contribution in [0, 0.1) is 0 Å². The van der Waals surface area contributed by atoms with Gasteiger partial charge in [0.2, 0.25) is 5.91 Å². The largest absolute Gasteiger partial charge is 0.367 e. The van der Waals surface area contributed by atoms with Crippen LogP contribution in [-0.4, -0.2) is 65.7 Å². The lowest BCUT2D eigenvalue weighted by atomic mass is 10.1. The van der Waals surface area contributed by atoms with E-state index in [1.807, 2.05) is 29.2 Å². The summed E-state index contributed by atoms with van der Waals surface area (Å²) >= 11 is 0. The highest BCUT2D eigenvalue weighted by atomic mass is 16.2. The fraction of sp³-hybridized carbons (Fsp3) is 0.333. The molecule has 7 nitrogen and oxygen atoms in total. The quantitative estimate of drug-likeness (QED) is 0.756. The number of hydrogen-bond donors (Lipinski definition) is 0. The lowest BCUT2D eigenvalue weighted by Crippen LogP contribution is -2.49. The SMILES string of the molecule is CN1C(=O)c2cccc(N3CCN(C(=O)CCc4cccnc4)CC3)c2C1=O. The first kappa shape index (κ1) is 18.2. The maximum Gasteiger partial charge on any atom is 0.263 e. The minimum Gasteiger partial charge on any atom is -0.367 e. The molecule has 0 spiro atoms. The van der Waals surface area contributed by atoms with Crippen molar-refractivity contribution in [1.82, 2.24) is 14.8 Å². The fourth-order valence-corrected chi connectivity index (χ4v) is 3.80. The molecule has 0 radical (unpaired) electrons. The molecule has 0 aliphatic carbocycles. The summed E-state index contributed by atoms with van der Waals surface area (Å²) in [5, 5.41) is 0. The lowest BCUT2D eigenvalue weighted by molar-refractivity contribution is -0.131. The molecule has 28 heavy (non-hydrogen) atoms. The van der Waals surface area contributed by atoms with Crippen LogP contribution in [0.3, 0.4) is 0 Å². The molecule has 2 aliphatic rings. The molecule has 144 valence electrons. The molecule has 1 aromatic heterocycles. The monoisotopic (exact) mass is 378 g/mol. The smallest absolute Gasteiger partial charge is 0.263 e. The molecule has 0 saturated carbocycles. The molecule has 0 unspecified atom stereocenters. The van der Waals surface area contributed by atoms with Gasteiger partial charge in [-0.25, -0.2) is 0 Å². The van der Waals surface area contributed by atoms with Crippen LogP contribution < -0.4 is 4.90 Å². The number of rotatable bonds is 4. The van der Waals surface area contributed by atoms with E-state index in [4.69, 9.17) is 0 Å². The molecule has 2 aliphatic heterocycles. The Kier molecular flexibility index (Phi) is 4.81. The van der Waals surface area contributed by atoms with Crippen molar-refractivity contribution in [3.8, 4) is 0 Å². The van der Waals surface area contributed by atoms with Gasteiger partial charge in [-0.3, -0.25) is 24.3 Å². The van der Waals surface area contributed by atoms with Gasteiger partial charge in [0.1, 0.15) is 0 Å². The standard InChI is InChI=1S/C21H22N4O3/c1-23-20(27)16-5-2-6-17(19(16)21(23)28)24-10-12-25(13-11-24)18(26)8-7-15-4-3-9-22-14-15/h2-6,9,14H,7-8,10-13H2,1H3. The number of aromatic nitrogens is 1. The van der Waals surface area contributed by atoms with Crippen LogP contribution in [-0.2, 0) is 11.2 Å². The number of fused-ring (bicyclic) bond motifs is 1. The van der Waals surface area contributed by atoms with Crippen LogP contribution in [0.5, 0.6) is 0 Å². The Balaban J connectivity index is 1.40. The van der Waals surface area contributed by atoms with Gasteiger partial charge in [0, 0.05) is 52.0 Å². The van der Waals surface area contributed by atoms with E-state index in [9.17, 15) is 14.4 Å². The summed E-state index contributed by atoms with van der Waals surface area (Å²) in [5.41, 5.74) is 2.77. The van der Waals surface area contributed by atoms with Crippen LogP contribution in [0.4, 0.5) is 5.69 Å². The van der Waals surface area contributed by atoms with Crippen LogP contribution in [0.15, 0.2) is 42.7 Å². The molecular weight excluding hydrogens is 356 g/mol. The van der Waals surface area contributed by atoms with Gasteiger partial charge in [-0.15, -0.1) is 0 Å². The number of anilines is 1. The zero-order valence-electron chi connectivity index (χ0n) is 15.8. The maximum atomic E-state index is 12.5. The van der Waals surface area contributed by atoms with E-state index in [0.717, 1.165) is 16.2 Å². The second kappa shape index (κ2) is 7.42. The Hall–Kier alpha value is -3.22. The molecule has 7 heteroatoms. The second-order valence-electron chi connectivity index (χ2n) is 7.10. The number of carbonyl (C=O) groups is 3. The van der Waals surface area contributed by atoms with E-state index in [0.29, 0.717) is 50.1 Å². The Labute approximate surface area is 163 Å². The molecule has 1 saturated heterocycles. The van der Waals surface area contributed by atoms with Crippen molar-refractivity contribution in [1.29, 1.82) is 0 Å². The molecule has 3 amide bonds. The van der Waals surface area contributed by atoms with Gasteiger partial charge >= 0.3 is 0 Å². The average molecular weight is 378 g/mol. The molecule has 3 heterocycles. The summed E-state index contributed by atoms with van der Waals surface area (Å²) in [6.45, 7) is 2.49. The summed E-state index contributed by atoms with van der Waals surface area (Å²) in [6.07, 6.45) is 4.66. The normalized spacial score (nSPS) is 16.5.